The average molecular weight is 319 g/mol. The highest BCUT2D eigenvalue weighted by Crippen LogP contribution is 2.17. The zero-order chi connectivity index (χ0) is 16.7. The molecule has 1 aromatic heterocycles. The molecular formula is C17H25N3O3. The van der Waals surface area contributed by atoms with Gasteiger partial charge >= 0.3 is 0 Å². The van der Waals surface area contributed by atoms with Crippen molar-refractivity contribution in [1.82, 2.24) is 15.2 Å². The maximum absolute atomic E-state index is 12.3. The standard InChI is InChI=1S/C17H25N3O3/c1-13-4-3-8-18-15(13)7-9-19-17(22)14-5-6-16(21)20(12-14)10-11-23-2/h3-4,8,14H,5-7,9-12H2,1-2H3,(H,19,22)/t14-/m0/s1. The van der Waals surface area contributed by atoms with Crippen LogP contribution in [0.5, 0.6) is 0 Å². The molecular weight excluding hydrogens is 294 g/mol. The third kappa shape index (κ3) is 5.03. The number of nitrogens with one attached hydrogen (secondary N) is 1. The molecule has 6 heteroatoms. The van der Waals surface area contributed by atoms with Crippen LogP contribution in [0, 0.1) is 12.8 Å². The molecule has 0 bridgehead atoms. The number of aromatic nitrogens is 1. The fourth-order valence-electron chi connectivity index (χ4n) is 2.77. The van der Waals surface area contributed by atoms with Crippen molar-refractivity contribution in [3.8, 4) is 0 Å². The lowest BCUT2D eigenvalue weighted by atomic mass is 9.96. The second kappa shape index (κ2) is 8.62. The number of rotatable bonds is 7. The van der Waals surface area contributed by atoms with Crippen LogP contribution in [0.1, 0.15) is 24.1 Å². The van der Waals surface area contributed by atoms with E-state index in [1.807, 2.05) is 19.1 Å². The Morgan fingerprint density at radius 2 is 2.35 bits per heavy atom. The van der Waals surface area contributed by atoms with Crippen LogP contribution >= 0.6 is 0 Å². The Balaban J connectivity index is 1.79. The zero-order valence-corrected chi connectivity index (χ0v) is 13.9. The molecule has 0 aromatic carbocycles. The van der Waals surface area contributed by atoms with Gasteiger partial charge in [0.25, 0.3) is 0 Å². The number of methoxy groups -OCH3 is 1. The molecule has 0 spiro atoms. The third-order valence-corrected chi connectivity index (χ3v) is 4.22. The molecule has 6 nitrogen and oxygen atoms in total. The first-order chi connectivity index (χ1) is 11.1. The number of likely N-dealkylation sites (tertiary alicyclic amines) is 1. The van der Waals surface area contributed by atoms with Gasteiger partial charge in [0.15, 0.2) is 0 Å². The summed E-state index contributed by atoms with van der Waals surface area (Å²) in [5, 5.41) is 2.97. The van der Waals surface area contributed by atoms with Gasteiger partial charge in [-0.25, -0.2) is 0 Å². The van der Waals surface area contributed by atoms with Gasteiger partial charge in [-0.3, -0.25) is 14.6 Å². The van der Waals surface area contributed by atoms with Gasteiger partial charge in [-0.1, -0.05) is 6.07 Å². The number of piperidine rings is 1. The number of aryl methyl sites for hydroxylation is 1. The topological polar surface area (TPSA) is 71.5 Å². The zero-order valence-electron chi connectivity index (χ0n) is 13.9. The van der Waals surface area contributed by atoms with Crippen molar-refractivity contribution in [3.63, 3.8) is 0 Å². The van der Waals surface area contributed by atoms with Crippen LogP contribution in [0.4, 0.5) is 0 Å². The molecule has 23 heavy (non-hydrogen) atoms. The van der Waals surface area contributed by atoms with Gasteiger partial charge in [0.1, 0.15) is 0 Å². The van der Waals surface area contributed by atoms with Crippen LogP contribution in [0.2, 0.25) is 0 Å². The molecule has 126 valence electrons. The predicted molar refractivity (Wildman–Crippen MR) is 86.9 cm³/mol. The number of carbonyl (C=O) groups excluding carboxylic acids is 2. The lowest BCUT2D eigenvalue weighted by Crippen LogP contribution is -2.47. The second-order valence-electron chi connectivity index (χ2n) is 5.88. The van der Waals surface area contributed by atoms with Crippen molar-refractivity contribution in [3.05, 3.63) is 29.6 Å². The summed E-state index contributed by atoms with van der Waals surface area (Å²) in [6, 6.07) is 3.93. The van der Waals surface area contributed by atoms with Gasteiger partial charge in [0.05, 0.1) is 12.5 Å². The van der Waals surface area contributed by atoms with E-state index in [0.29, 0.717) is 39.1 Å². The van der Waals surface area contributed by atoms with Crippen LogP contribution in [0.3, 0.4) is 0 Å². The highest BCUT2D eigenvalue weighted by molar-refractivity contribution is 5.83. The van der Waals surface area contributed by atoms with Gasteiger partial charge in [-0.2, -0.15) is 0 Å². The Labute approximate surface area is 137 Å². The summed E-state index contributed by atoms with van der Waals surface area (Å²) in [4.78, 5) is 30.2. The van der Waals surface area contributed by atoms with Gasteiger partial charge in [0.2, 0.25) is 11.8 Å². The van der Waals surface area contributed by atoms with E-state index in [0.717, 1.165) is 17.7 Å². The molecule has 1 aromatic rings. The van der Waals surface area contributed by atoms with Crippen molar-refractivity contribution in [2.75, 3.05) is 33.4 Å². The van der Waals surface area contributed by atoms with Gasteiger partial charge in [-0.15, -0.1) is 0 Å². The summed E-state index contributed by atoms with van der Waals surface area (Å²) in [5.41, 5.74) is 2.14. The van der Waals surface area contributed by atoms with E-state index in [9.17, 15) is 9.59 Å². The van der Waals surface area contributed by atoms with Gasteiger partial charge in [0, 0.05) is 51.5 Å². The number of hydrogen-bond donors (Lipinski definition) is 1. The SMILES string of the molecule is COCCN1C[C@@H](C(=O)NCCc2ncccc2C)CCC1=O. The molecule has 1 aliphatic heterocycles. The lowest BCUT2D eigenvalue weighted by molar-refractivity contribution is -0.138. The summed E-state index contributed by atoms with van der Waals surface area (Å²) < 4.78 is 5.01. The second-order valence-corrected chi connectivity index (χ2v) is 5.88. The first-order valence-electron chi connectivity index (χ1n) is 8.06. The van der Waals surface area contributed by atoms with Crippen LogP contribution in [-0.4, -0.2) is 55.0 Å². The normalized spacial score (nSPS) is 18.1. The first kappa shape index (κ1) is 17.4. The smallest absolute Gasteiger partial charge is 0.224 e. The Kier molecular flexibility index (Phi) is 6.52. The molecule has 1 N–H and O–H groups in total. The van der Waals surface area contributed by atoms with Gasteiger partial charge in [-0.05, 0) is 25.0 Å². The minimum atomic E-state index is -0.130. The number of nitrogens with zero attached hydrogens (tertiary/aromatic N) is 2. The van der Waals surface area contributed by atoms with Crippen LogP contribution < -0.4 is 5.32 Å². The van der Waals surface area contributed by atoms with Crippen molar-refractivity contribution >= 4 is 11.8 Å². The third-order valence-electron chi connectivity index (χ3n) is 4.22. The highest BCUT2D eigenvalue weighted by atomic mass is 16.5. The molecule has 0 radical (unpaired) electrons. The predicted octanol–water partition coefficient (Wildman–Crippen LogP) is 0.934. The quantitative estimate of drug-likeness (QED) is 0.812. The maximum atomic E-state index is 12.3. The summed E-state index contributed by atoms with van der Waals surface area (Å²) in [6.07, 6.45) is 3.54. The molecule has 2 rings (SSSR count). The fraction of sp³-hybridized carbons (Fsp3) is 0.588. The average Bonchev–Trinajstić information content (AvgIpc) is 2.55. The molecule has 2 amide bonds. The van der Waals surface area contributed by atoms with E-state index in [1.165, 1.54) is 0 Å². The number of carbonyl (C=O) groups is 2. The summed E-state index contributed by atoms with van der Waals surface area (Å²) >= 11 is 0. The number of amides is 2. The fourth-order valence-corrected chi connectivity index (χ4v) is 2.77. The summed E-state index contributed by atoms with van der Waals surface area (Å²) in [7, 11) is 1.61. The molecule has 0 saturated carbocycles. The van der Waals surface area contributed by atoms with E-state index in [1.54, 1.807) is 18.2 Å². The van der Waals surface area contributed by atoms with Crippen molar-refractivity contribution in [1.29, 1.82) is 0 Å². The Morgan fingerprint density at radius 1 is 1.52 bits per heavy atom. The monoisotopic (exact) mass is 319 g/mol. The van der Waals surface area contributed by atoms with Crippen LogP contribution in [0.15, 0.2) is 18.3 Å². The maximum Gasteiger partial charge on any atom is 0.224 e. The molecule has 2 heterocycles. The Hall–Kier alpha value is -1.95. The Bertz CT molecular complexity index is 548. The Morgan fingerprint density at radius 3 is 3.09 bits per heavy atom. The summed E-state index contributed by atoms with van der Waals surface area (Å²) in [5.74, 6) is -0.00176. The number of ether oxygens (including phenoxy) is 1. The number of hydrogen-bond acceptors (Lipinski definition) is 4. The van der Waals surface area contributed by atoms with E-state index in [4.69, 9.17) is 4.74 Å². The molecule has 1 atom stereocenters. The highest BCUT2D eigenvalue weighted by Gasteiger charge is 2.29. The molecule has 0 unspecified atom stereocenters. The van der Waals surface area contributed by atoms with E-state index >= 15 is 0 Å². The first-order valence-corrected chi connectivity index (χ1v) is 8.06. The van der Waals surface area contributed by atoms with Crippen molar-refractivity contribution < 1.29 is 14.3 Å². The van der Waals surface area contributed by atoms with Crippen molar-refractivity contribution in [2.24, 2.45) is 5.92 Å². The molecule has 0 aliphatic carbocycles. The van der Waals surface area contributed by atoms with E-state index < -0.39 is 0 Å². The molecule has 1 saturated heterocycles. The minimum Gasteiger partial charge on any atom is -0.383 e. The van der Waals surface area contributed by atoms with E-state index in [-0.39, 0.29) is 17.7 Å². The molecule has 1 fully saturated rings. The lowest BCUT2D eigenvalue weighted by Gasteiger charge is -2.31. The number of pyridine rings is 1. The minimum absolute atomic E-state index is 0.0218. The van der Waals surface area contributed by atoms with Crippen LogP contribution in [0.25, 0.3) is 0 Å². The van der Waals surface area contributed by atoms with Gasteiger partial charge < -0.3 is 15.0 Å². The molecule has 1 aliphatic rings. The largest absolute Gasteiger partial charge is 0.383 e. The van der Waals surface area contributed by atoms with E-state index in [2.05, 4.69) is 10.3 Å². The summed E-state index contributed by atoms with van der Waals surface area (Å²) in [6.45, 7) is 4.12. The van der Waals surface area contributed by atoms with Crippen LogP contribution in [-0.2, 0) is 20.7 Å². The van der Waals surface area contributed by atoms with Crippen molar-refractivity contribution in [2.45, 2.75) is 26.2 Å².